The molecule has 1 aromatic heterocycles. The third kappa shape index (κ3) is 6.85. The molecule has 4 rings (SSSR count). The van der Waals surface area contributed by atoms with Gasteiger partial charge < -0.3 is 25.0 Å². The first-order chi connectivity index (χ1) is 16.9. The number of urea groups is 1. The second-order valence-corrected chi connectivity index (χ2v) is 9.37. The predicted octanol–water partition coefficient (Wildman–Crippen LogP) is 5.00. The highest BCUT2D eigenvalue weighted by Gasteiger charge is 2.29. The molecule has 10 heteroatoms. The van der Waals surface area contributed by atoms with Crippen LogP contribution in [0, 0.1) is 5.92 Å². The van der Waals surface area contributed by atoms with E-state index in [1.165, 1.54) is 19.5 Å². The van der Waals surface area contributed by atoms with E-state index in [0.29, 0.717) is 48.2 Å². The van der Waals surface area contributed by atoms with Gasteiger partial charge in [-0.25, -0.2) is 9.59 Å². The molecule has 9 nitrogen and oxygen atoms in total. The minimum absolute atomic E-state index is 0.113. The maximum Gasteiger partial charge on any atom is 0.410 e. The summed E-state index contributed by atoms with van der Waals surface area (Å²) in [6.45, 7) is 1.01. The summed E-state index contributed by atoms with van der Waals surface area (Å²) in [5, 5.41) is 5.95. The molecule has 0 radical (unpaired) electrons. The Morgan fingerprint density at radius 3 is 2.57 bits per heavy atom. The predicted molar refractivity (Wildman–Crippen MR) is 131 cm³/mol. The first-order valence-electron chi connectivity index (χ1n) is 11.7. The van der Waals surface area contributed by atoms with Gasteiger partial charge in [0.1, 0.15) is 6.10 Å². The first-order valence-corrected chi connectivity index (χ1v) is 12.1. The number of hydrogen-bond donors (Lipinski definition) is 2. The van der Waals surface area contributed by atoms with Crippen LogP contribution in [0.5, 0.6) is 0 Å². The summed E-state index contributed by atoms with van der Waals surface area (Å²) in [6, 6.07) is 6.88. The Labute approximate surface area is 209 Å². The Hall–Kier alpha value is -3.33. The smallest absolute Gasteiger partial charge is 0.410 e. The topological polar surface area (TPSA) is 110 Å². The summed E-state index contributed by atoms with van der Waals surface area (Å²) in [7, 11) is 1.40. The first kappa shape index (κ1) is 24.8. The van der Waals surface area contributed by atoms with Gasteiger partial charge in [0.15, 0.2) is 0 Å². The highest BCUT2D eigenvalue weighted by molar-refractivity contribution is 6.30. The van der Waals surface area contributed by atoms with E-state index in [-0.39, 0.29) is 18.2 Å². The Bertz CT molecular complexity index is 1090. The second kappa shape index (κ2) is 11.4. The van der Waals surface area contributed by atoms with Crippen molar-refractivity contribution in [2.24, 2.45) is 5.92 Å². The zero-order valence-electron chi connectivity index (χ0n) is 19.6. The Morgan fingerprint density at radius 2 is 1.83 bits per heavy atom. The fraction of sp³-hybridized carbons (Fsp3) is 0.440. The van der Waals surface area contributed by atoms with Crippen LogP contribution in [-0.2, 0) is 27.2 Å². The quantitative estimate of drug-likeness (QED) is 0.559. The number of carbonyl (C=O) groups excluding carboxylic acids is 3. The lowest BCUT2D eigenvalue weighted by atomic mass is 9.85. The van der Waals surface area contributed by atoms with Crippen LogP contribution in [-0.4, -0.2) is 47.7 Å². The maximum absolute atomic E-state index is 12.7. The van der Waals surface area contributed by atoms with E-state index >= 15 is 0 Å². The van der Waals surface area contributed by atoms with Crippen LogP contribution in [0.25, 0.3) is 0 Å². The Morgan fingerprint density at radius 1 is 1.06 bits per heavy atom. The number of ether oxygens (including phenoxy) is 2. The summed E-state index contributed by atoms with van der Waals surface area (Å²) in [4.78, 5) is 42.2. The third-order valence-corrected chi connectivity index (χ3v) is 6.65. The van der Waals surface area contributed by atoms with Gasteiger partial charge in [-0.3, -0.25) is 9.78 Å². The molecule has 1 aliphatic heterocycles. The summed E-state index contributed by atoms with van der Waals surface area (Å²) in [5.74, 6) is 0.112. The summed E-state index contributed by atoms with van der Waals surface area (Å²) in [5.41, 5.74) is 3.27. The number of esters is 1. The van der Waals surface area contributed by atoms with Gasteiger partial charge in [0, 0.05) is 31.4 Å². The van der Waals surface area contributed by atoms with Crippen LogP contribution in [0.3, 0.4) is 0 Å². The number of halogens is 1. The lowest BCUT2D eigenvalue weighted by Gasteiger charge is -2.32. The summed E-state index contributed by atoms with van der Waals surface area (Å²) in [6.07, 6.45) is 6.93. The molecule has 2 heterocycles. The van der Waals surface area contributed by atoms with Crippen LogP contribution < -0.4 is 10.6 Å². The molecule has 1 fully saturated rings. The van der Waals surface area contributed by atoms with E-state index in [4.69, 9.17) is 21.1 Å². The lowest BCUT2D eigenvalue weighted by molar-refractivity contribution is -0.142. The number of hydrogen-bond acceptors (Lipinski definition) is 6. The fourth-order valence-electron chi connectivity index (χ4n) is 4.55. The minimum atomic E-state index is -0.392. The zero-order chi connectivity index (χ0) is 24.8. The molecule has 186 valence electrons. The number of rotatable bonds is 5. The number of benzene rings is 1. The number of fused-ring (bicyclic) bond motifs is 1. The number of aromatic nitrogens is 1. The van der Waals surface area contributed by atoms with Gasteiger partial charge in [0.25, 0.3) is 0 Å². The zero-order valence-corrected chi connectivity index (χ0v) is 20.3. The number of carbonyl (C=O) groups is 3. The standard InChI is InChI=1S/C25H29ClN4O5/c1-34-23(31)10-16-2-6-22(7-3-16)35-25(33)30-9-8-17-11-20(5-4-18(17)15-30)28-24(32)29-21-12-19(26)13-27-14-21/h4-5,11-14,16,22H,2-3,6-10,15H2,1H3,(H2,28,29,32)/t16-,22-. The molecular formula is C25H29ClN4O5. The van der Waals surface area contributed by atoms with Crippen molar-refractivity contribution in [1.82, 2.24) is 9.88 Å². The number of amides is 3. The van der Waals surface area contributed by atoms with Gasteiger partial charge in [-0.05, 0) is 67.3 Å². The van der Waals surface area contributed by atoms with Gasteiger partial charge in [0.05, 0.1) is 24.0 Å². The Kier molecular flexibility index (Phi) is 8.07. The second-order valence-electron chi connectivity index (χ2n) is 8.93. The number of nitrogens with one attached hydrogen (secondary N) is 2. The molecule has 1 saturated carbocycles. The summed E-state index contributed by atoms with van der Waals surface area (Å²) >= 11 is 5.90. The van der Waals surface area contributed by atoms with Crippen molar-refractivity contribution >= 4 is 41.1 Å². The molecule has 2 N–H and O–H groups in total. The van der Waals surface area contributed by atoms with Crippen molar-refractivity contribution in [2.45, 2.75) is 51.2 Å². The van der Waals surface area contributed by atoms with Crippen LogP contribution in [0.4, 0.5) is 21.0 Å². The average Bonchev–Trinajstić information content (AvgIpc) is 2.84. The van der Waals surface area contributed by atoms with Gasteiger partial charge in [-0.1, -0.05) is 17.7 Å². The fourth-order valence-corrected chi connectivity index (χ4v) is 4.72. The van der Waals surface area contributed by atoms with Crippen LogP contribution in [0.15, 0.2) is 36.7 Å². The molecule has 0 saturated heterocycles. The molecule has 35 heavy (non-hydrogen) atoms. The normalized spacial score (nSPS) is 19.3. The third-order valence-electron chi connectivity index (χ3n) is 6.44. The van der Waals surface area contributed by atoms with E-state index in [1.807, 2.05) is 18.2 Å². The monoisotopic (exact) mass is 500 g/mol. The molecule has 0 atom stereocenters. The highest BCUT2D eigenvalue weighted by Crippen LogP contribution is 2.30. The molecule has 0 spiro atoms. The lowest BCUT2D eigenvalue weighted by Crippen LogP contribution is -2.39. The van der Waals surface area contributed by atoms with Gasteiger partial charge in [-0.2, -0.15) is 0 Å². The van der Waals surface area contributed by atoms with Crippen LogP contribution in [0.2, 0.25) is 5.02 Å². The van der Waals surface area contributed by atoms with E-state index in [2.05, 4.69) is 15.6 Å². The van der Waals surface area contributed by atoms with E-state index in [1.54, 1.807) is 11.0 Å². The van der Waals surface area contributed by atoms with Crippen molar-refractivity contribution in [2.75, 3.05) is 24.3 Å². The number of methoxy groups -OCH3 is 1. The SMILES string of the molecule is COC(=O)C[C@H]1CC[C@H](OC(=O)N2CCc3cc(NC(=O)Nc4cncc(Cl)c4)ccc3C2)CC1. The Balaban J connectivity index is 1.26. The van der Waals surface area contributed by atoms with E-state index < -0.39 is 6.03 Å². The molecule has 3 amide bonds. The largest absolute Gasteiger partial charge is 0.469 e. The molecule has 2 aromatic rings. The molecule has 1 aromatic carbocycles. The van der Waals surface area contributed by atoms with E-state index in [9.17, 15) is 14.4 Å². The van der Waals surface area contributed by atoms with E-state index in [0.717, 1.165) is 36.8 Å². The van der Waals surface area contributed by atoms with Gasteiger partial charge in [-0.15, -0.1) is 0 Å². The molecule has 0 bridgehead atoms. The number of nitrogens with zero attached hydrogens (tertiary/aromatic N) is 2. The summed E-state index contributed by atoms with van der Waals surface area (Å²) < 4.78 is 10.5. The van der Waals surface area contributed by atoms with Crippen molar-refractivity contribution in [3.8, 4) is 0 Å². The van der Waals surface area contributed by atoms with Gasteiger partial charge >= 0.3 is 18.1 Å². The molecule has 1 aliphatic carbocycles. The molecule has 2 aliphatic rings. The molecular weight excluding hydrogens is 472 g/mol. The van der Waals surface area contributed by atoms with Crippen molar-refractivity contribution in [3.63, 3.8) is 0 Å². The van der Waals surface area contributed by atoms with Crippen LogP contribution in [0.1, 0.15) is 43.2 Å². The van der Waals surface area contributed by atoms with Crippen molar-refractivity contribution in [1.29, 1.82) is 0 Å². The number of pyridine rings is 1. The minimum Gasteiger partial charge on any atom is -0.469 e. The highest BCUT2D eigenvalue weighted by atomic mass is 35.5. The van der Waals surface area contributed by atoms with Gasteiger partial charge in [0.2, 0.25) is 0 Å². The maximum atomic E-state index is 12.7. The van der Waals surface area contributed by atoms with Crippen molar-refractivity contribution < 1.29 is 23.9 Å². The van der Waals surface area contributed by atoms with Crippen molar-refractivity contribution in [3.05, 3.63) is 52.8 Å². The average molecular weight is 501 g/mol. The number of anilines is 2. The molecule has 0 unspecified atom stereocenters. The van der Waals surface area contributed by atoms with Crippen LogP contribution >= 0.6 is 11.6 Å².